The van der Waals surface area contributed by atoms with Crippen LogP contribution in [0.5, 0.6) is 0 Å². The molecule has 0 radical (unpaired) electrons. The number of likely N-dealkylation sites (N-methyl/N-ethyl adjacent to an activating group) is 1. The van der Waals surface area contributed by atoms with Gasteiger partial charge in [0.05, 0.1) is 22.2 Å². The summed E-state index contributed by atoms with van der Waals surface area (Å²) in [7, 11) is -2.42. The molecule has 2 rings (SSSR count). The first-order valence-electron chi connectivity index (χ1n) is 7.40. The van der Waals surface area contributed by atoms with Gasteiger partial charge in [-0.25, -0.2) is 8.42 Å². The first kappa shape index (κ1) is 19.7. The third-order valence-corrected chi connectivity index (χ3v) is 6.10. The molecule has 25 heavy (non-hydrogen) atoms. The number of carbonyl (C=O) groups is 1. The number of rotatable bonds is 5. The molecule has 0 atom stereocenters. The second-order valence-corrected chi connectivity index (χ2v) is 8.56. The molecule has 8 heteroatoms. The molecule has 0 aliphatic carbocycles. The highest BCUT2D eigenvalue weighted by Gasteiger charge is 2.25. The molecule has 0 aliphatic heterocycles. The van der Waals surface area contributed by atoms with Crippen molar-refractivity contribution in [1.29, 1.82) is 0 Å². The Morgan fingerprint density at radius 2 is 1.80 bits per heavy atom. The van der Waals surface area contributed by atoms with Gasteiger partial charge in [0.25, 0.3) is 0 Å². The van der Waals surface area contributed by atoms with Crippen LogP contribution in [0.2, 0.25) is 10.0 Å². The zero-order valence-electron chi connectivity index (χ0n) is 14.0. The van der Waals surface area contributed by atoms with Gasteiger partial charge in [0.2, 0.25) is 15.9 Å². The van der Waals surface area contributed by atoms with Crippen molar-refractivity contribution >= 4 is 44.8 Å². The van der Waals surface area contributed by atoms with Crippen molar-refractivity contribution in [3.8, 4) is 0 Å². The minimum Gasteiger partial charge on any atom is -0.324 e. The van der Waals surface area contributed by atoms with E-state index >= 15 is 0 Å². The molecule has 0 aromatic heterocycles. The Balaban J connectivity index is 2.16. The van der Waals surface area contributed by atoms with Crippen molar-refractivity contribution in [2.24, 2.45) is 0 Å². The van der Waals surface area contributed by atoms with Crippen LogP contribution in [0.3, 0.4) is 0 Å². The monoisotopic (exact) mass is 400 g/mol. The largest absolute Gasteiger partial charge is 0.324 e. The second kappa shape index (κ2) is 7.74. The molecular formula is C17H18Cl2N2O3S. The van der Waals surface area contributed by atoms with Crippen LogP contribution in [0, 0.1) is 13.8 Å². The summed E-state index contributed by atoms with van der Waals surface area (Å²) < 4.78 is 26.4. The minimum absolute atomic E-state index is 0.187. The predicted molar refractivity (Wildman–Crippen MR) is 101 cm³/mol. The fourth-order valence-electron chi connectivity index (χ4n) is 2.22. The fourth-order valence-corrected chi connectivity index (χ4v) is 4.11. The Kier molecular flexibility index (Phi) is 6.11. The van der Waals surface area contributed by atoms with E-state index in [1.165, 1.54) is 13.1 Å². The summed E-state index contributed by atoms with van der Waals surface area (Å²) in [5.74, 6) is -0.499. The molecule has 0 heterocycles. The van der Waals surface area contributed by atoms with Crippen LogP contribution in [0.1, 0.15) is 11.1 Å². The topological polar surface area (TPSA) is 66.5 Å². The number of amides is 1. The van der Waals surface area contributed by atoms with E-state index in [9.17, 15) is 13.2 Å². The Hall–Kier alpha value is -1.60. The number of carbonyl (C=O) groups excluding carboxylic acids is 1. The van der Waals surface area contributed by atoms with E-state index in [0.29, 0.717) is 16.3 Å². The van der Waals surface area contributed by atoms with Crippen molar-refractivity contribution in [3.05, 3.63) is 57.6 Å². The van der Waals surface area contributed by atoms with E-state index in [1.807, 2.05) is 13.0 Å². The Labute approximate surface area is 157 Å². The maximum atomic E-state index is 12.7. The Bertz CT molecular complexity index is 914. The number of benzene rings is 2. The number of nitrogens with one attached hydrogen (secondary N) is 1. The average molecular weight is 401 g/mol. The van der Waals surface area contributed by atoms with Gasteiger partial charge in [0.1, 0.15) is 0 Å². The van der Waals surface area contributed by atoms with Gasteiger partial charge in [0, 0.05) is 12.1 Å². The number of halogens is 2. The van der Waals surface area contributed by atoms with Gasteiger partial charge < -0.3 is 5.32 Å². The van der Waals surface area contributed by atoms with Crippen molar-refractivity contribution in [2.75, 3.05) is 18.9 Å². The van der Waals surface area contributed by atoms with Gasteiger partial charge in [-0.1, -0.05) is 35.3 Å². The zero-order valence-corrected chi connectivity index (χ0v) is 16.3. The van der Waals surface area contributed by atoms with Crippen molar-refractivity contribution in [1.82, 2.24) is 4.31 Å². The number of sulfonamides is 1. The molecule has 5 nitrogen and oxygen atoms in total. The highest BCUT2D eigenvalue weighted by atomic mass is 35.5. The normalized spacial score (nSPS) is 11.6. The summed E-state index contributed by atoms with van der Waals surface area (Å²) in [5.41, 5.74) is 1.82. The lowest BCUT2D eigenvalue weighted by atomic mass is 10.2. The highest BCUT2D eigenvalue weighted by molar-refractivity contribution is 7.89. The lowest BCUT2D eigenvalue weighted by Crippen LogP contribution is -2.35. The summed E-state index contributed by atoms with van der Waals surface area (Å²) in [6, 6.07) is 9.80. The van der Waals surface area contributed by atoms with Crippen LogP contribution < -0.4 is 5.32 Å². The van der Waals surface area contributed by atoms with Crippen LogP contribution in [0.25, 0.3) is 0 Å². The number of hydrogen-bond donors (Lipinski definition) is 1. The minimum atomic E-state index is -3.78. The van der Waals surface area contributed by atoms with Crippen LogP contribution in [0.15, 0.2) is 41.3 Å². The van der Waals surface area contributed by atoms with Crippen molar-refractivity contribution in [2.45, 2.75) is 18.7 Å². The van der Waals surface area contributed by atoms with Gasteiger partial charge in [-0.05, 0) is 49.2 Å². The second-order valence-electron chi connectivity index (χ2n) is 5.70. The molecule has 1 N–H and O–H groups in total. The molecule has 0 saturated carbocycles. The van der Waals surface area contributed by atoms with Crippen molar-refractivity contribution in [3.63, 3.8) is 0 Å². The van der Waals surface area contributed by atoms with Gasteiger partial charge in [0.15, 0.2) is 0 Å². The van der Waals surface area contributed by atoms with Crippen LogP contribution in [-0.4, -0.2) is 32.2 Å². The zero-order chi connectivity index (χ0) is 18.8. The molecule has 0 fully saturated rings. The molecule has 2 aromatic carbocycles. The van der Waals surface area contributed by atoms with Gasteiger partial charge >= 0.3 is 0 Å². The summed E-state index contributed by atoms with van der Waals surface area (Å²) in [6.45, 7) is 3.19. The van der Waals surface area contributed by atoms with E-state index in [2.05, 4.69) is 5.32 Å². The molecule has 0 bridgehead atoms. The molecule has 0 saturated heterocycles. The molecule has 134 valence electrons. The summed E-state index contributed by atoms with van der Waals surface area (Å²) in [4.78, 5) is 12.4. The van der Waals surface area contributed by atoms with Gasteiger partial charge in [-0.3, -0.25) is 4.79 Å². The third-order valence-electron chi connectivity index (χ3n) is 3.60. The fraction of sp³-hybridized carbons (Fsp3) is 0.235. The molecule has 0 aliphatic rings. The smallest absolute Gasteiger partial charge is 0.243 e. The van der Waals surface area contributed by atoms with Crippen LogP contribution >= 0.6 is 23.2 Å². The first-order valence-corrected chi connectivity index (χ1v) is 9.59. The maximum absolute atomic E-state index is 12.7. The summed E-state index contributed by atoms with van der Waals surface area (Å²) in [6.07, 6.45) is 0. The first-order chi connectivity index (χ1) is 11.6. The molecule has 1 amide bonds. The Morgan fingerprint density at radius 1 is 1.12 bits per heavy atom. The summed E-state index contributed by atoms with van der Waals surface area (Å²) in [5, 5.41) is 3.30. The maximum Gasteiger partial charge on any atom is 0.243 e. The van der Waals surface area contributed by atoms with Crippen LogP contribution in [0.4, 0.5) is 5.69 Å². The van der Waals surface area contributed by atoms with Crippen LogP contribution in [-0.2, 0) is 14.8 Å². The SMILES string of the molecule is Cc1ccc(C)c(S(=O)(=O)N(C)CC(=O)Nc2ccc(Cl)cc2Cl)c1. The standard InChI is InChI=1S/C17H18Cl2N2O3S/c1-11-4-5-12(2)16(8-11)25(23,24)21(3)10-17(22)20-15-7-6-13(18)9-14(15)19/h4-9H,10H2,1-3H3,(H,20,22). The van der Waals surface area contributed by atoms with Crippen molar-refractivity contribution < 1.29 is 13.2 Å². The van der Waals surface area contributed by atoms with Gasteiger partial charge in [-0.2, -0.15) is 4.31 Å². The Morgan fingerprint density at radius 3 is 2.44 bits per heavy atom. The lowest BCUT2D eigenvalue weighted by molar-refractivity contribution is -0.116. The molecule has 2 aromatic rings. The van der Waals surface area contributed by atoms with E-state index in [0.717, 1.165) is 9.87 Å². The lowest BCUT2D eigenvalue weighted by Gasteiger charge is -2.19. The van der Waals surface area contributed by atoms with E-state index in [-0.39, 0.29) is 16.5 Å². The molecule has 0 unspecified atom stereocenters. The summed E-state index contributed by atoms with van der Waals surface area (Å²) >= 11 is 11.8. The third kappa shape index (κ3) is 4.73. The number of anilines is 1. The number of hydrogen-bond acceptors (Lipinski definition) is 3. The van der Waals surface area contributed by atoms with E-state index in [1.54, 1.807) is 31.2 Å². The van der Waals surface area contributed by atoms with Gasteiger partial charge in [-0.15, -0.1) is 0 Å². The number of nitrogens with zero attached hydrogens (tertiary/aromatic N) is 1. The van der Waals surface area contributed by atoms with E-state index in [4.69, 9.17) is 23.2 Å². The average Bonchev–Trinajstić information content (AvgIpc) is 2.52. The molecule has 0 spiro atoms. The van der Waals surface area contributed by atoms with E-state index < -0.39 is 15.9 Å². The quantitative estimate of drug-likeness (QED) is 0.827. The highest BCUT2D eigenvalue weighted by Crippen LogP contribution is 2.25. The molecular weight excluding hydrogens is 383 g/mol. The number of aryl methyl sites for hydroxylation is 2. The predicted octanol–water partition coefficient (Wildman–Crippen LogP) is 3.87.